The molecule has 18 heavy (non-hydrogen) atoms. The van der Waals surface area contributed by atoms with Crippen LogP contribution in [-0.4, -0.2) is 25.6 Å². The van der Waals surface area contributed by atoms with Crippen LogP contribution in [0.4, 0.5) is 14.5 Å². The van der Waals surface area contributed by atoms with Gasteiger partial charge in [0.25, 0.3) is 0 Å². The van der Waals surface area contributed by atoms with Gasteiger partial charge in [-0.25, -0.2) is 0 Å². The van der Waals surface area contributed by atoms with Crippen molar-refractivity contribution in [3.63, 3.8) is 0 Å². The Labute approximate surface area is 103 Å². The highest BCUT2D eigenvalue weighted by Gasteiger charge is 2.39. The normalized spacial score (nSPS) is 25.3. The van der Waals surface area contributed by atoms with E-state index >= 15 is 0 Å². The fraction of sp³-hybridized carbons (Fsp3) is 0.417. The first-order valence-corrected chi connectivity index (χ1v) is 5.69. The third-order valence-corrected chi connectivity index (χ3v) is 2.90. The molecule has 1 saturated heterocycles. The predicted octanol–water partition coefficient (Wildman–Crippen LogP) is 2.36. The molecule has 2 heterocycles. The van der Waals surface area contributed by atoms with E-state index < -0.39 is 6.29 Å². The van der Waals surface area contributed by atoms with Crippen LogP contribution in [0.3, 0.4) is 0 Å². The fourth-order valence-electron chi connectivity index (χ4n) is 2.03. The summed E-state index contributed by atoms with van der Waals surface area (Å²) >= 11 is 0. The van der Waals surface area contributed by atoms with E-state index in [9.17, 15) is 8.78 Å². The molecule has 0 aromatic heterocycles. The first-order chi connectivity index (χ1) is 8.64. The van der Waals surface area contributed by atoms with E-state index in [1.54, 1.807) is 12.1 Å². The summed E-state index contributed by atoms with van der Waals surface area (Å²) in [5, 5.41) is 3.24. The van der Waals surface area contributed by atoms with E-state index in [0.717, 1.165) is 13.0 Å². The van der Waals surface area contributed by atoms with E-state index in [1.165, 1.54) is 6.07 Å². The molecule has 2 aliphatic heterocycles. The molecule has 4 nitrogen and oxygen atoms in total. The van der Waals surface area contributed by atoms with Crippen molar-refractivity contribution in [3.8, 4) is 5.75 Å². The maximum Gasteiger partial charge on any atom is 0.535 e. The van der Waals surface area contributed by atoms with Crippen molar-refractivity contribution < 1.29 is 23.0 Å². The Bertz CT molecular complexity index is 447. The van der Waals surface area contributed by atoms with Crippen molar-refractivity contribution in [1.29, 1.82) is 0 Å². The van der Waals surface area contributed by atoms with Crippen LogP contribution in [0.1, 0.15) is 12.0 Å². The molecule has 1 N–H and O–H groups in total. The second-order valence-corrected chi connectivity index (χ2v) is 4.22. The van der Waals surface area contributed by atoms with Gasteiger partial charge in [-0.15, -0.1) is 8.78 Å². The molecule has 1 unspecified atom stereocenters. The maximum absolute atomic E-state index is 12.9. The van der Waals surface area contributed by atoms with Gasteiger partial charge in [0.05, 0.1) is 12.6 Å². The van der Waals surface area contributed by atoms with Crippen molar-refractivity contribution in [2.24, 2.45) is 0 Å². The van der Waals surface area contributed by atoms with Gasteiger partial charge in [-0.05, 0) is 18.6 Å². The van der Waals surface area contributed by atoms with Crippen molar-refractivity contribution >= 4 is 5.69 Å². The maximum atomic E-state index is 12.9. The summed E-state index contributed by atoms with van der Waals surface area (Å²) < 4.78 is 39.8. The number of benzene rings is 1. The lowest BCUT2D eigenvalue weighted by Crippen LogP contribution is -2.32. The summed E-state index contributed by atoms with van der Waals surface area (Å²) in [5.41, 5.74) is 1.20. The Morgan fingerprint density at radius 2 is 2.22 bits per heavy atom. The summed E-state index contributed by atoms with van der Waals surface area (Å²) in [6.07, 6.45) is -2.70. The fourth-order valence-corrected chi connectivity index (χ4v) is 2.03. The van der Waals surface area contributed by atoms with Gasteiger partial charge in [-0.1, -0.05) is 6.07 Å². The summed E-state index contributed by atoms with van der Waals surface area (Å²) in [6, 6.07) is 5.13. The van der Waals surface area contributed by atoms with Crippen LogP contribution in [0, 0.1) is 6.61 Å². The Morgan fingerprint density at radius 3 is 3.00 bits per heavy atom. The first-order valence-electron chi connectivity index (χ1n) is 5.69. The minimum Gasteiger partial charge on any atom is -0.409 e. The minimum atomic E-state index is -3.60. The van der Waals surface area contributed by atoms with Gasteiger partial charge in [0.2, 0.25) is 0 Å². The Balaban J connectivity index is 1.83. The molecule has 1 aromatic rings. The van der Waals surface area contributed by atoms with E-state index in [-0.39, 0.29) is 11.8 Å². The van der Waals surface area contributed by atoms with Gasteiger partial charge < -0.3 is 14.8 Å². The largest absolute Gasteiger partial charge is 0.535 e. The van der Waals surface area contributed by atoms with E-state index in [1.807, 2.05) is 0 Å². The Hall–Kier alpha value is -1.40. The number of hydrogen-bond acceptors (Lipinski definition) is 4. The van der Waals surface area contributed by atoms with Crippen molar-refractivity contribution in [1.82, 2.24) is 0 Å². The third kappa shape index (κ3) is 2.26. The first kappa shape index (κ1) is 11.7. The van der Waals surface area contributed by atoms with Gasteiger partial charge in [-0.2, -0.15) is 0 Å². The molecule has 1 fully saturated rings. The van der Waals surface area contributed by atoms with E-state index in [2.05, 4.69) is 14.8 Å². The molecule has 0 amide bonds. The number of alkyl halides is 2. The number of nitrogens with one attached hydrogen (secondary N) is 1. The molecule has 0 saturated carbocycles. The lowest BCUT2D eigenvalue weighted by molar-refractivity contribution is -0.344. The number of fused-ring (bicyclic) bond motifs is 1. The average molecular weight is 256 g/mol. The molecule has 97 valence electrons. The Kier molecular flexibility index (Phi) is 2.83. The molecular weight excluding hydrogens is 244 g/mol. The quantitative estimate of drug-likeness (QED) is 0.881. The smallest absolute Gasteiger partial charge is 0.409 e. The monoisotopic (exact) mass is 256 g/mol. The van der Waals surface area contributed by atoms with Crippen molar-refractivity contribution in [2.75, 3.05) is 18.5 Å². The number of rotatable bonds is 2. The van der Waals surface area contributed by atoms with Crippen LogP contribution < -0.4 is 10.1 Å². The molecular formula is C12H12F2NO3. The topological polar surface area (TPSA) is 39.7 Å². The van der Waals surface area contributed by atoms with Crippen LogP contribution in [-0.2, 0) is 9.47 Å². The van der Waals surface area contributed by atoms with Crippen LogP contribution in [0.5, 0.6) is 5.75 Å². The highest BCUT2D eigenvalue weighted by molar-refractivity contribution is 5.61. The second-order valence-electron chi connectivity index (χ2n) is 4.22. The van der Waals surface area contributed by atoms with Gasteiger partial charge in [0.15, 0.2) is 0 Å². The molecule has 3 rings (SSSR count). The molecule has 0 spiro atoms. The minimum absolute atomic E-state index is 0.107. The highest BCUT2D eigenvalue weighted by atomic mass is 19.3. The van der Waals surface area contributed by atoms with Crippen LogP contribution in [0.2, 0.25) is 0 Å². The van der Waals surface area contributed by atoms with Crippen LogP contribution in [0.15, 0.2) is 18.2 Å². The van der Waals surface area contributed by atoms with Gasteiger partial charge >= 0.3 is 6.29 Å². The molecule has 0 bridgehead atoms. The number of hydrogen-bond donors (Lipinski definition) is 1. The van der Waals surface area contributed by atoms with Gasteiger partial charge in [0.1, 0.15) is 12.4 Å². The standard InChI is InChI=1S/C12H12F2NO3/c13-12(14)17-7-9-10(2-1-3-11(9)18-12)15-8-4-5-16-6-8/h1-3,7-8,15H,4-6H2. The zero-order chi connectivity index (χ0) is 12.6. The summed E-state index contributed by atoms with van der Waals surface area (Å²) in [5.74, 6) is 0.107. The predicted molar refractivity (Wildman–Crippen MR) is 59.4 cm³/mol. The lowest BCUT2D eigenvalue weighted by atomic mass is 10.1. The molecule has 0 aliphatic carbocycles. The molecule has 1 aromatic carbocycles. The lowest BCUT2D eigenvalue weighted by Gasteiger charge is -2.26. The van der Waals surface area contributed by atoms with Crippen LogP contribution >= 0.6 is 0 Å². The highest BCUT2D eigenvalue weighted by Crippen LogP contribution is 2.38. The SMILES string of the molecule is FC1(F)O[CH]c2c(NC3CCOC3)cccc2O1. The summed E-state index contributed by atoms with van der Waals surface area (Å²) in [4.78, 5) is 0. The Morgan fingerprint density at radius 1 is 1.33 bits per heavy atom. The van der Waals surface area contributed by atoms with E-state index in [0.29, 0.717) is 24.5 Å². The molecule has 1 radical (unpaired) electrons. The number of ether oxygens (including phenoxy) is 3. The molecule has 2 aliphatic rings. The molecule has 1 atom stereocenters. The average Bonchev–Trinajstić information content (AvgIpc) is 2.80. The summed E-state index contributed by atoms with van der Waals surface area (Å²) in [7, 11) is 0. The summed E-state index contributed by atoms with van der Waals surface area (Å²) in [6.45, 7) is 2.35. The van der Waals surface area contributed by atoms with Crippen molar-refractivity contribution in [3.05, 3.63) is 30.4 Å². The number of anilines is 1. The second kappa shape index (κ2) is 4.37. The van der Waals surface area contributed by atoms with Crippen molar-refractivity contribution in [2.45, 2.75) is 18.8 Å². The van der Waals surface area contributed by atoms with E-state index in [4.69, 9.17) is 4.74 Å². The van der Waals surface area contributed by atoms with Gasteiger partial charge in [-0.3, -0.25) is 4.74 Å². The number of halogens is 2. The van der Waals surface area contributed by atoms with Crippen LogP contribution in [0.25, 0.3) is 0 Å². The molecule has 6 heteroatoms. The van der Waals surface area contributed by atoms with Gasteiger partial charge in [0, 0.05) is 17.9 Å². The zero-order valence-corrected chi connectivity index (χ0v) is 9.49. The zero-order valence-electron chi connectivity index (χ0n) is 9.49. The third-order valence-electron chi connectivity index (χ3n) is 2.90.